The van der Waals surface area contributed by atoms with Crippen molar-refractivity contribution in [2.75, 3.05) is 0 Å². The number of carbonyl (C=O) groups is 2. The predicted molar refractivity (Wildman–Crippen MR) is 90.4 cm³/mol. The molecule has 8 unspecified atom stereocenters. The van der Waals surface area contributed by atoms with Crippen molar-refractivity contribution >= 4 is 11.9 Å². The summed E-state index contributed by atoms with van der Waals surface area (Å²) in [5.41, 5.74) is -2.59. The zero-order valence-electron chi connectivity index (χ0n) is 14.8. The van der Waals surface area contributed by atoms with Crippen LogP contribution in [-0.2, 0) is 14.3 Å². The topological polar surface area (TPSA) is 83.8 Å². The molecule has 8 atom stereocenters. The lowest BCUT2D eigenvalue weighted by Crippen LogP contribution is -2.50. The highest BCUT2D eigenvalue weighted by atomic mass is 16.6. The quantitative estimate of drug-likeness (QED) is 0.606. The van der Waals surface area contributed by atoms with E-state index >= 15 is 0 Å². The minimum atomic E-state index is -1.20. The Morgan fingerprint density at radius 3 is 2.84 bits per heavy atom. The first-order valence-electron chi connectivity index (χ1n) is 9.18. The summed E-state index contributed by atoms with van der Waals surface area (Å²) in [4.78, 5) is 25.2. The van der Waals surface area contributed by atoms with Gasteiger partial charge in [0.15, 0.2) is 0 Å². The summed E-state index contributed by atoms with van der Waals surface area (Å²) >= 11 is 0. The van der Waals surface area contributed by atoms with Gasteiger partial charge in [0.25, 0.3) is 0 Å². The SMILES string of the molecule is C=CCC12CC(C)CCC1C13C=CC(O)C(C)(C(=O)O1)C3C2C(=O)O. The molecule has 1 saturated heterocycles. The number of fused-ring (bicyclic) bond motifs is 1. The Morgan fingerprint density at radius 2 is 2.20 bits per heavy atom. The Morgan fingerprint density at radius 1 is 1.48 bits per heavy atom. The van der Waals surface area contributed by atoms with Gasteiger partial charge in [-0.05, 0) is 43.6 Å². The van der Waals surface area contributed by atoms with Crippen molar-refractivity contribution in [2.24, 2.45) is 34.5 Å². The van der Waals surface area contributed by atoms with E-state index in [1.54, 1.807) is 19.1 Å². The van der Waals surface area contributed by atoms with Crippen LogP contribution in [0.5, 0.6) is 0 Å². The van der Waals surface area contributed by atoms with E-state index in [1.807, 2.05) is 6.08 Å². The maximum Gasteiger partial charge on any atom is 0.316 e. The Balaban J connectivity index is 1.98. The number of esters is 1. The van der Waals surface area contributed by atoms with E-state index in [9.17, 15) is 19.8 Å². The second kappa shape index (κ2) is 4.97. The fourth-order valence-corrected chi connectivity index (χ4v) is 6.82. The molecule has 136 valence electrons. The summed E-state index contributed by atoms with van der Waals surface area (Å²) in [5.74, 6) is -2.25. The summed E-state index contributed by atoms with van der Waals surface area (Å²) in [7, 11) is 0. The smallest absolute Gasteiger partial charge is 0.316 e. The molecular weight excluding hydrogens is 320 g/mol. The van der Waals surface area contributed by atoms with Crippen LogP contribution >= 0.6 is 0 Å². The molecule has 5 heteroatoms. The minimum absolute atomic E-state index is 0.0465. The Hall–Kier alpha value is -1.62. The maximum absolute atomic E-state index is 12.7. The van der Waals surface area contributed by atoms with Gasteiger partial charge < -0.3 is 14.9 Å². The lowest BCUT2D eigenvalue weighted by molar-refractivity contribution is -0.162. The van der Waals surface area contributed by atoms with Crippen LogP contribution in [0.2, 0.25) is 0 Å². The maximum atomic E-state index is 12.7. The molecule has 5 nitrogen and oxygen atoms in total. The first-order valence-corrected chi connectivity index (χ1v) is 9.18. The molecule has 2 N–H and O–H groups in total. The van der Waals surface area contributed by atoms with Gasteiger partial charge in [0, 0.05) is 11.8 Å². The number of aliphatic hydroxyl groups is 1. The molecule has 4 aliphatic rings. The summed E-state index contributed by atoms with van der Waals surface area (Å²) < 4.78 is 5.94. The number of rotatable bonds is 3. The Labute approximate surface area is 147 Å². The first kappa shape index (κ1) is 16.8. The molecule has 1 heterocycles. The number of allylic oxidation sites excluding steroid dienone is 1. The number of carboxylic acid groups (broad SMARTS) is 1. The number of ether oxygens (including phenoxy) is 1. The van der Waals surface area contributed by atoms with Crippen molar-refractivity contribution in [1.82, 2.24) is 0 Å². The Kier molecular flexibility index (Phi) is 3.34. The van der Waals surface area contributed by atoms with Crippen LogP contribution in [0.3, 0.4) is 0 Å². The van der Waals surface area contributed by atoms with Crippen molar-refractivity contribution in [1.29, 1.82) is 0 Å². The molecule has 2 bridgehead atoms. The fraction of sp³-hybridized carbons (Fsp3) is 0.700. The average molecular weight is 346 g/mol. The van der Waals surface area contributed by atoms with Gasteiger partial charge >= 0.3 is 11.9 Å². The highest BCUT2D eigenvalue weighted by molar-refractivity contribution is 5.86. The standard InChI is InChI=1S/C20H26O5/c1-4-8-19-10-11(2)5-6-12(19)20-9-7-13(21)18(3,17(24)25-20)15(20)14(19)16(22)23/h4,7,9,11-15,21H,1,5-6,8,10H2,2-3H3,(H,22,23). The molecule has 3 aliphatic carbocycles. The third-order valence-corrected chi connectivity index (χ3v) is 7.65. The van der Waals surface area contributed by atoms with Gasteiger partial charge in [-0.1, -0.05) is 25.5 Å². The van der Waals surface area contributed by atoms with Gasteiger partial charge in [-0.15, -0.1) is 6.58 Å². The molecule has 0 spiro atoms. The van der Waals surface area contributed by atoms with Crippen LogP contribution in [0, 0.1) is 34.5 Å². The Bertz CT molecular complexity index is 684. The second-order valence-electron chi connectivity index (χ2n) is 8.79. The van der Waals surface area contributed by atoms with Gasteiger partial charge in [-0.2, -0.15) is 0 Å². The van der Waals surface area contributed by atoms with Gasteiger partial charge in [0.05, 0.1) is 12.0 Å². The summed E-state index contributed by atoms with van der Waals surface area (Å²) in [6.45, 7) is 7.72. The molecule has 0 amide bonds. The van der Waals surface area contributed by atoms with E-state index in [4.69, 9.17) is 4.74 Å². The van der Waals surface area contributed by atoms with Crippen LogP contribution in [0.15, 0.2) is 24.8 Å². The van der Waals surface area contributed by atoms with Crippen molar-refractivity contribution in [3.8, 4) is 0 Å². The molecule has 25 heavy (non-hydrogen) atoms. The normalized spacial score (nSPS) is 53.1. The largest absolute Gasteiger partial charge is 0.481 e. The minimum Gasteiger partial charge on any atom is -0.481 e. The fourth-order valence-electron chi connectivity index (χ4n) is 6.82. The zero-order chi connectivity index (χ0) is 18.2. The summed E-state index contributed by atoms with van der Waals surface area (Å²) in [5, 5.41) is 20.8. The number of aliphatic carboxylic acids is 1. The highest BCUT2D eigenvalue weighted by Gasteiger charge is 2.81. The highest BCUT2D eigenvalue weighted by Crippen LogP contribution is 2.73. The predicted octanol–water partition coefficient (Wildman–Crippen LogP) is 2.55. The molecule has 4 rings (SSSR count). The summed E-state index contributed by atoms with van der Waals surface area (Å²) in [6.07, 6.45) is 7.45. The van der Waals surface area contributed by atoms with Crippen LogP contribution in [0.1, 0.15) is 39.5 Å². The lowest BCUT2D eigenvalue weighted by atomic mass is 9.57. The van der Waals surface area contributed by atoms with E-state index in [0.29, 0.717) is 12.3 Å². The molecule has 2 saturated carbocycles. The van der Waals surface area contributed by atoms with Crippen molar-refractivity contribution in [3.05, 3.63) is 24.8 Å². The lowest BCUT2D eigenvalue weighted by Gasteiger charge is -2.47. The van der Waals surface area contributed by atoms with E-state index in [-0.39, 0.29) is 5.92 Å². The van der Waals surface area contributed by atoms with Crippen molar-refractivity contribution in [2.45, 2.75) is 51.2 Å². The monoisotopic (exact) mass is 346 g/mol. The number of hydrogen-bond donors (Lipinski definition) is 2. The molecule has 0 aromatic heterocycles. The molecule has 0 aromatic rings. The molecule has 3 fully saturated rings. The summed E-state index contributed by atoms with van der Waals surface area (Å²) in [6, 6.07) is 0. The number of hydrogen-bond acceptors (Lipinski definition) is 4. The van der Waals surface area contributed by atoms with E-state index in [0.717, 1.165) is 19.3 Å². The van der Waals surface area contributed by atoms with Crippen LogP contribution in [0.4, 0.5) is 0 Å². The molecular formula is C20H26O5. The van der Waals surface area contributed by atoms with Gasteiger partial charge in [-0.25, -0.2) is 0 Å². The van der Waals surface area contributed by atoms with E-state index < -0.39 is 46.3 Å². The zero-order valence-corrected chi connectivity index (χ0v) is 14.8. The third kappa shape index (κ3) is 1.73. The van der Waals surface area contributed by atoms with Crippen molar-refractivity contribution < 1.29 is 24.5 Å². The van der Waals surface area contributed by atoms with E-state index in [1.165, 1.54) is 0 Å². The van der Waals surface area contributed by atoms with Crippen LogP contribution < -0.4 is 0 Å². The third-order valence-electron chi connectivity index (χ3n) is 7.65. The number of aliphatic hydroxyl groups excluding tert-OH is 1. The molecule has 0 aromatic carbocycles. The number of carboxylic acids is 1. The van der Waals surface area contributed by atoms with Gasteiger partial charge in [0.2, 0.25) is 0 Å². The van der Waals surface area contributed by atoms with Crippen LogP contribution in [0.25, 0.3) is 0 Å². The van der Waals surface area contributed by atoms with Crippen LogP contribution in [-0.4, -0.2) is 33.9 Å². The average Bonchev–Trinajstić information content (AvgIpc) is 2.86. The molecule has 1 aliphatic heterocycles. The van der Waals surface area contributed by atoms with E-state index in [2.05, 4.69) is 13.5 Å². The second-order valence-corrected chi connectivity index (χ2v) is 8.79. The molecule has 0 radical (unpaired) electrons. The number of carbonyl (C=O) groups excluding carboxylic acids is 1. The van der Waals surface area contributed by atoms with Crippen molar-refractivity contribution in [3.63, 3.8) is 0 Å². The first-order chi connectivity index (χ1) is 11.7. The van der Waals surface area contributed by atoms with Gasteiger partial charge in [-0.3, -0.25) is 9.59 Å². The van der Waals surface area contributed by atoms with Gasteiger partial charge in [0.1, 0.15) is 11.0 Å².